The molecule has 1 aromatic heterocycles. The van der Waals surface area contributed by atoms with E-state index >= 15 is 0 Å². The van der Waals surface area contributed by atoms with E-state index in [9.17, 15) is 4.79 Å². The van der Waals surface area contributed by atoms with Crippen LogP contribution in [-0.2, 0) is 4.74 Å². The lowest BCUT2D eigenvalue weighted by atomic mass is 10.0. The van der Waals surface area contributed by atoms with E-state index in [1.165, 1.54) is 0 Å². The maximum absolute atomic E-state index is 11.7. The van der Waals surface area contributed by atoms with E-state index in [-0.39, 0.29) is 5.78 Å². The van der Waals surface area contributed by atoms with Gasteiger partial charge in [-0.2, -0.15) is 0 Å². The first-order valence-electron chi connectivity index (χ1n) is 5.27. The lowest BCUT2D eigenvalue weighted by Crippen LogP contribution is -2.04. The van der Waals surface area contributed by atoms with Crippen molar-refractivity contribution >= 4 is 5.78 Å². The van der Waals surface area contributed by atoms with E-state index in [0.29, 0.717) is 19.6 Å². The SMILES string of the molecule is CCOCCCC(=O)c1cnccc1C. The average molecular weight is 207 g/mol. The number of nitrogens with zero attached hydrogens (tertiary/aromatic N) is 1. The first-order valence-corrected chi connectivity index (χ1v) is 5.27. The second kappa shape index (κ2) is 6.30. The van der Waals surface area contributed by atoms with Crippen LogP contribution in [0.3, 0.4) is 0 Å². The van der Waals surface area contributed by atoms with Crippen molar-refractivity contribution in [3.8, 4) is 0 Å². The molecule has 82 valence electrons. The van der Waals surface area contributed by atoms with Crippen molar-refractivity contribution in [3.05, 3.63) is 29.6 Å². The first kappa shape index (κ1) is 11.9. The highest BCUT2D eigenvalue weighted by atomic mass is 16.5. The number of carbonyl (C=O) groups is 1. The fraction of sp³-hybridized carbons (Fsp3) is 0.500. The largest absolute Gasteiger partial charge is 0.382 e. The van der Waals surface area contributed by atoms with Crippen molar-refractivity contribution in [2.24, 2.45) is 0 Å². The van der Waals surface area contributed by atoms with E-state index < -0.39 is 0 Å². The van der Waals surface area contributed by atoms with Gasteiger partial charge in [0.15, 0.2) is 5.78 Å². The second-order valence-corrected chi connectivity index (χ2v) is 3.41. The average Bonchev–Trinajstić information content (AvgIpc) is 2.25. The van der Waals surface area contributed by atoms with E-state index in [4.69, 9.17) is 4.74 Å². The molecule has 15 heavy (non-hydrogen) atoms. The van der Waals surface area contributed by atoms with Gasteiger partial charge in [0.25, 0.3) is 0 Å². The smallest absolute Gasteiger partial charge is 0.164 e. The lowest BCUT2D eigenvalue weighted by molar-refractivity contribution is 0.0946. The molecule has 0 aliphatic rings. The van der Waals surface area contributed by atoms with Crippen LogP contribution >= 0.6 is 0 Å². The molecule has 3 nitrogen and oxygen atoms in total. The Morgan fingerprint density at radius 3 is 3.00 bits per heavy atom. The molecule has 0 unspecified atom stereocenters. The summed E-state index contributed by atoms with van der Waals surface area (Å²) in [6, 6.07) is 1.86. The molecule has 0 fully saturated rings. The van der Waals surface area contributed by atoms with Gasteiger partial charge in [0, 0.05) is 37.6 Å². The molecule has 0 N–H and O–H groups in total. The molecule has 0 aromatic carbocycles. The van der Waals surface area contributed by atoms with Crippen LogP contribution in [-0.4, -0.2) is 24.0 Å². The molecule has 0 aliphatic carbocycles. The molecule has 0 aliphatic heterocycles. The van der Waals surface area contributed by atoms with Crippen molar-refractivity contribution in [2.75, 3.05) is 13.2 Å². The summed E-state index contributed by atoms with van der Waals surface area (Å²) in [5.74, 6) is 0.153. The predicted octanol–water partition coefficient (Wildman–Crippen LogP) is 2.39. The Morgan fingerprint density at radius 1 is 1.53 bits per heavy atom. The summed E-state index contributed by atoms with van der Waals surface area (Å²) in [6.07, 6.45) is 4.65. The zero-order valence-corrected chi connectivity index (χ0v) is 9.32. The van der Waals surface area contributed by atoms with Crippen molar-refractivity contribution in [3.63, 3.8) is 0 Å². The Balaban J connectivity index is 2.44. The molecule has 0 amide bonds. The summed E-state index contributed by atoms with van der Waals surface area (Å²) in [6.45, 7) is 5.24. The molecule has 1 rings (SSSR count). The third-order valence-corrected chi connectivity index (χ3v) is 2.24. The van der Waals surface area contributed by atoms with Gasteiger partial charge in [-0.05, 0) is 31.9 Å². The van der Waals surface area contributed by atoms with Crippen LogP contribution in [0.2, 0.25) is 0 Å². The summed E-state index contributed by atoms with van der Waals surface area (Å²) in [5.41, 5.74) is 1.72. The number of ketones is 1. The highest BCUT2D eigenvalue weighted by molar-refractivity contribution is 5.97. The first-order chi connectivity index (χ1) is 7.25. The Labute approximate surface area is 90.5 Å². The molecule has 3 heteroatoms. The number of hydrogen-bond acceptors (Lipinski definition) is 3. The zero-order chi connectivity index (χ0) is 11.1. The summed E-state index contributed by atoms with van der Waals surface area (Å²) < 4.78 is 5.18. The third kappa shape index (κ3) is 3.80. The van der Waals surface area contributed by atoms with Gasteiger partial charge in [-0.25, -0.2) is 0 Å². The summed E-state index contributed by atoms with van der Waals surface area (Å²) >= 11 is 0. The van der Waals surface area contributed by atoms with Gasteiger partial charge in [0.05, 0.1) is 0 Å². The van der Waals surface area contributed by atoms with Crippen LogP contribution in [0.1, 0.15) is 35.7 Å². The minimum atomic E-state index is 0.153. The third-order valence-electron chi connectivity index (χ3n) is 2.24. The number of hydrogen-bond donors (Lipinski definition) is 0. The van der Waals surface area contributed by atoms with Crippen molar-refractivity contribution < 1.29 is 9.53 Å². The fourth-order valence-electron chi connectivity index (χ4n) is 1.37. The Bertz CT molecular complexity index is 323. The van der Waals surface area contributed by atoms with Crippen LogP contribution in [0.4, 0.5) is 0 Å². The summed E-state index contributed by atoms with van der Waals surface area (Å²) in [5, 5.41) is 0. The molecule has 0 atom stereocenters. The Kier molecular flexibility index (Phi) is 4.98. The van der Waals surface area contributed by atoms with Crippen molar-refractivity contribution in [1.82, 2.24) is 4.98 Å². The number of aromatic nitrogens is 1. The monoisotopic (exact) mass is 207 g/mol. The van der Waals surface area contributed by atoms with E-state index in [2.05, 4.69) is 4.98 Å². The maximum Gasteiger partial charge on any atom is 0.164 e. The summed E-state index contributed by atoms with van der Waals surface area (Å²) in [7, 11) is 0. The number of rotatable bonds is 6. The molecule has 0 bridgehead atoms. The molecule has 0 saturated heterocycles. The number of Topliss-reactive ketones (excluding diaryl/α,β-unsaturated/α-hetero) is 1. The molecule has 1 heterocycles. The molecule has 0 spiro atoms. The van der Waals surface area contributed by atoms with E-state index in [0.717, 1.165) is 17.5 Å². The van der Waals surface area contributed by atoms with E-state index in [1.807, 2.05) is 19.9 Å². The highest BCUT2D eigenvalue weighted by Crippen LogP contribution is 2.09. The van der Waals surface area contributed by atoms with Gasteiger partial charge < -0.3 is 4.74 Å². The van der Waals surface area contributed by atoms with Crippen LogP contribution < -0.4 is 0 Å². The lowest BCUT2D eigenvalue weighted by Gasteiger charge is -2.03. The van der Waals surface area contributed by atoms with Crippen molar-refractivity contribution in [2.45, 2.75) is 26.7 Å². The van der Waals surface area contributed by atoms with Crippen LogP contribution in [0.25, 0.3) is 0 Å². The van der Waals surface area contributed by atoms with Gasteiger partial charge in [-0.15, -0.1) is 0 Å². The quantitative estimate of drug-likeness (QED) is 0.531. The van der Waals surface area contributed by atoms with Gasteiger partial charge in [0.2, 0.25) is 0 Å². The second-order valence-electron chi connectivity index (χ2n) is 3.41. The van der Waals surface area contributed by atoms with Crippen molar-refractivity contribution in [1.29, 1.82) is 0 Å². The minimum absolute atomic E-state index is 0.153. The number of aryl methyl sites for hydroxylation is 1. The minimum Gasteiger partial charge on any atom is -0.382 e. The maximum atomic E-state index is 11.7. The number of pyridine rings is 1. The topological polar surface area (TPSA) is 39.2 Å². The standard InChI is InChI=1S/C12H17NO2/c1-3-15-8-4-5-12(14)11-9-13-7-6-10(11)2/h6-7,9H,3-5,8H2,1-2H3. The Morgan fingerprint density at radius 2 is 2.33 bits per heavy atom. The summed E-state index contributed by atoms with van der Waals surface area (Å²) in [4.78, 5) is 15.7. The number of carbonyl (C=O) groups excluding carboxylic acids is 1. The van der Waals surface area contributed by atoms with Crippen LogP contribution in [0.5, 0.6) is 0 Å². The Hall–Kier alpha value is -1.22. The molecule has 0 radical (unpaired) electrons. The van der Waals surface area contributed by atoms with Gasteiger partial charge in [0.1, 0.15) is 0 Å². The molecular formula is C12H17NO2. The zero-order valence-electron chi connectivity index (χ0n) is 9.32. The van der Waals surface area contributed by atoms with Crippen LogP contribution in [0.15, 0.2) is 18.5 Å². The molecule has 1 aromatic rings. The van der Waals surface area contributed by atoms with Gasteiger partial charge in [-0.1, -0.05) is 0 Å². The highest BCUT2D eigenvalue weighted by Gasteiger charge is 2.07. The predicted molar refractivity (Wildman–Crippen MR) is 59.0 cm³/mol. The normalized spacial score (nSPS) is 10.3. The molecular weight excluding hydrogens is 190 g/mol. The van der Waals surface area contributed by atoms with E-state index in [1.54, 1.807) is 12.4 Å². The van der Waals surface area contributed by atoms with Gasteiger partial charge >= 0.3 is 0 Å². The number of ether oxygens (including phenoxy) is 1. The van der Waals surface area contributed by atoms with Crippen LogP contribution in [0, 0.1) is 6.92 Å². The fourth-order valence-corrected chi connectivity index (χ4v) is 1.37. The van der Waals surface area contributed by atoms with Gasteiger partial charge in [-0.3, -0.25) is 9.78 Å². The molecule has 0 saturated carbocycles.